The van der Waals surface area contributed by atoms with Gasteiger partial charge in [-0.05, 0) is 55.0 Å². The van der Waals surface area contributed by atoms with Crippen LogP contribution in [0.25, 0.3) is 27.7 Å². The summed E-state index contributed by atoms with van der Waals surface area (Å²) in [6.45, 7) is 4.15. The SMILES string of the molecule is COc1ccc(-c2coc3cc(OC)c(/C(C)=C/C(=O)NC4CCCCC4C)cc23)cc1OC. The second kappa shape index (κ2) is 10.2. The van der Waals surface area contributed by atoms with Gasteiger partial charge in [0.05, 0.1) is 27.6 Å². The highest BCUT2D eigenvalue weighted by atomic mass is 16.5. The first-order valence-electron chi connectivity index (χ1n) is 11.8. The first-order valence-corrected chi connectivity index (χ1v) is 11.8. The van der Waals surface area contributed by atoms with Gasteiger partial charge >= 0.3 is 0 Å². The van der Waals surface area contributed by atoms with E-state index in [1.807, 2.05) is 37.3 Å². The van der Waals surface area contributed by atoms with Crippen molar-refractivity contribution < 1.29 is 23.4 Å². The fourth-order valence-corrected chi connectivity index (χ4v) is 4.79. The molecule has 1 N–H and O–H groups in total. The summed E-state index contributed by atoms with van der Waals surface area (Å²) < 4.78 is 22.3. The Kier molecular flexibility index (Phi) is 7.15. The molecule has 1 aliphatic carbocycles. The van der Waals surface area contributed by atoms with E-state index in [1.165, 1.54) is 12.8 Å². The maximum absolute atomic E-state index is 12.8. The van der Waals surface area contributed by atoms with Crippen LogP contribution in [0.3, 0.4) is 0 Å². The lowest BCUT2D eigenvalue weighted by atomic mass is 9.86. The third kappa shape index (κ3) is 4.76. The smallest absolute Gasteiger partial charge is 0.244 e. The topological polar surface area (TPSA) is 69.9 Å². The van der Waals surface area contributed by atoms with Gasteiger partial charge < -0.3 is 23.9 Å². The number of hydrogen-bond acceptors (Lipinski definition) is 5. The van der Waals surface area contributed by atoms with Gasteiger partial charge in [0.25, 0.3) is 0 Å². The Morgan fingerprint density at radius 3 is 2.44 bits per heavy atom. The Bertz CT molecular complexity index is 1210. The van der Waals surface area contributed by atoms with Gasteiger partial charge in [-0.2, -0.15) is 0 Å². The Balaban J connectivity index is 1.69. The van der Waals surface area contributed by atoms with E-state index in [9.17, 15) is 4.79 Å². The summed E-state index contributed by atoms with van der Waals surface area (Å²) in [6.07, 6.45) is 8.01. The minimum atomic E-state index is -0.0642. The highest BCUT2D eigenvalue weighted by molar-refractivity contribution is 6.00. The Hall–Kier alpha value is -3.41. The van der Waals surface area contributed by atoms with E-state index < -0.39 is 0 Å². The van der Waals surface area contributed by atoms with Crippen LogP contribution in [0.2, 0.25) is 0 Å². The molecule has 0 spiro atoms. The summed E-state index contributed by atoms with van der Waals surface area (Å²) in [7, 11) is 4.86. The van der Waals surface area contributed by atoms with Crippen LogP contribution in [0.4, 0.5) is 0 Å². The van der Waals surface area contributed by atoms with Crippen molar-refractivity contribution >= 4 is 22.4 Å². The number of allylic oxidation sites excluding steroid dienone is 1. The van der Waals surface area contributed by atoms with Gasteiger partial charge in [-0.1, -0.05) is 25.8 Å². The summed E-state index contributed by atoms with van der Waals surface area (Å²) in [5, 5.41) is 4.13. The second-order valence-electron chi connectivity index (χ2n) is 8.97. The van der Waals surface area contributed by atoms with Gasteiger partial charge in [-0.25, -0.2) is 0 Å². The summed E-state index contributed by atoms with van der Waals surface area (Å²) in [5.41, 5.74) is 4.26. The number of carbonyl (C=O) groups excluding carboxylic acids is 1. The molecule has 2 unspecified atom stereocenters. The number of fused-ring (bicyclic) bond motifs is 1. The number of carbonyl (C=O) groups is 1. The van der Waals surface area contributed by atoms with Crippen LogP contribution in [0.1, 0.15) is 45.1 Å². The van der Waals surface area contributed by atoms with E-state index >= 15 is 0 Å². The van der Waals surface area contributed by atoms with E-state index in [-0.39, 0.29) is 11.9 Å². The number of furan rings is 1. The van der Waals surface area contributed by atoms with Gasteiger partial charge in [0.2, 0.25) is 5.91 Å². The Morgan fingerprint density at radius 2 is 1.74 bits per heavy atom. The molecule has 0 bridgehead atoms. The first kappa shape index (κ1) is 23.7. The van der Waals surface area contributed by atoms with Crippen LogP contribution in [0, 0.1) is 5.92 Å². The fraction of sp³-hybridized carbons (Fsp3) is 0.393. The lowest BCUT2D eigenvalue weighted by Gasteiger charge is -2.29. The first-order chi connectivity index (χ1) is 16.4. The molecule has 6 heteroatoms. The molecule has 3 aromatic rings. The highest BCUT2D eigenvalue weighted by Gasteiger charge is 2.22. The number of benzene rings is 2. The van der Waals surface area contributed by atoms with Crippen molar-refractivity contribution in [2.45, 2.75) is 45.6 Å². The minimum Gasteiger partial charge on any atom is -0.496 e. The number of rotatable bonds is 7. The van der Waals surface area contributed by atoms with Gasteiger partial charge in [0, 0.05) is 34.7 Å². The molecule has 0 aliphatic heterocycles. The molecular formula is C28H33NO5. The molecule has 34 heavy (non-hydrogen) atoms. The van der Waals surface area contributed by atoms with E-state index in [0.717, 1.165) is 40.5 Å². The third-order valence-corrected chi connectivity index (χ3v) is 6.80. The number of amides is 1. The second-order valence-corrected chi connectivity index (χ2v) is 8.97. The van der Waals surface area contributed by atoms with Crippen LogP contribution in [-0.4, -0.2) is 33.3 Å². The molecule has 1 amide bonds. The summed E-state index contributed by atoms with van der Waals surface area (Å²) >= 11 is 0. The number of methoxy groups -OCH3 is 3. The summed E-state index contributed by atoms with van der Waals surface area (Å²) in [6, 6.07) is 9.89. The quantitative estimate of drug-likeness (QED) is 0.421. The highest BCUT2D eigenvalue weighted by Crippen LogP contribution is 2.40. The number of hydrogen-bond donors (Lipinski definition) is 1. The van der Waals surface area contributed by atoms with Crippen LogP contribution in [0.15, 0.2) is 47.1 Å². The predicted octanol–water partition coefficient (Wildman–Crippen LogP) is 6.22. The van der Waals surface area contributed by atoms with Crippen molar-refractivity contribution in [1.82, 2.24) is 5.32 Å². The van der Waals surface area contributed by atoms with E-state index in [1.54, 1.807) is 33.7 Å². The van der Waals surface area contributed by atoms with Crippen LogP contribution in [0.5, 0.6) is 17.2 Å². The van der Waals surface area contributed by atoms with Gasteiger partial charge in [-0.3, -0.25) is 4.79 Å². The van der Waals surface area contributed by atoms with Crippen molar-refractivity contribution in [2.75, 3.05) is 21.3 Å². The average molecular weight is 464 g/mol. The minimum absolute atomic E-state index is 0.0642. The van der Waals surface area contributed by atoms with Gasteiger partial charge in [-0.15, -0.1) is 0 Å². The fourth-order valence-electron chi connectivity index (χ4n) is 4.79. The van der Waals surface area contributed by atoms with Crippen LogP contribution < -0.4 is 19.5 Å². The molecule has 4 rings (SSSR count). The zero-order chi connectivity index (χ0) is 24.2. The normalized spacial score (nSPS) is 18.6. The molecule has 2 atom stereocenters. The molecule has 6 nitrogen and oxygen atoms in total. The van der Waals surface area contributed by atoms with Gasteiger partial charge in [0.1, 0.15) is 11.3 Å². The van der Waals surface area contributed by atoms with Crippen LogP contribution in [-0.2, 0) is 4.79 Å². The molecular weight excluding hydrogens is 430 g/mol. The zero-order valence-electron chi connectivity index (χ0n) is 20.6. The zero-order valence-corrected chi connectivity index (χ0v) is 20.6. The molecule has 1 saturated carbocycles. The van der Waals surface area contributed by atoms with Crippen molar-refractivity contribution in [1.29, 1.82) is 0 Å². The average Bonchev–Trinajstić information content (AvgIpc) is 3.27. The van der Waals surface area contributed by atoms with Gasteiger partial charge in [0.15, 0.2) is 11.5 Å². The number of ether oxygens (including phenoxy) is 3. The Labute approximate surface area is 200 Å². The number of nitrogens with one attached hydrogen (secondary N) is 1. The monoisotopic (exact) mass is 463 g/mol. The molecule has 2 aromatic carbocycles. The molecule has 1 aromatic heterocycles. The molecule has 1 heterocycles. The van der Waals surface area contributed by atoms with E-state index in [2.05, 4.69) is 12.2 Å². The maximum atomic E-state index is 12.8. The third-order valence-electron chi connectivity index (χ3n) is 6.80. The van der Waals surface area contributed by atoms with Crippen molar-refractivity contribution in [3.05, 3.63) is 48.2 Å². The predicted molar refractivity (Wildman–Crippen MR) is 135 cm³/mol. The van der Waals surface area contributed by atoms with Crippen molar-refractivity contribution in [3.8, 4) is 28.4 Å². The van der Waals surface area contributed by atoms with E-state index in [4.69, 9.17) is 18.6 Å². The summed E-state index contributed by atoms with van der Waals surface area (Å²) in [4.78, 5) is 12.8. The van der Waals surface area contributed by atoms with Crippen molar-refractivity contribution in [2.24, 2.45) is 5.92 Å². The molecule has 1 fully saturated rings. The van der Waals surface area contributed by atoms with Crippen LogP contribution >= 0.6 is 0 Å². The lowest BCUT2D eigenvalue weighted by Crippen LogP contribution is -2.40. The molecule has 1 aliphatic rings. The largest absolute Gasteiger partial charge is 0.496 e. The molecule has 0 saturated heterocycles. The summed E-state index contributed by atoms with van der Waals surface area (Å²) in [5.74, 6) is 2.41. The van der Waals surface area contributed by atoms with E-state index in [0.29, 0.717) is 28.7 Å². The maximum Gasteiger partial charge on any atom is 0.244 e. The van der Waals surface area contributed by atoms with Crippen molar-refractivity contribution in [3.63, 3.8) is 0 Å². The Morgan fingerprint density at radius 1 is 1.00 bits per heavy atom. The standard InChI is InChI=1S/C28H33NO5/c1-17-8-6-7-9-23(17)29-28(30)12-18(2)20-14-21-22(16-34-26(21)15-25(20)32-4)19-10-11-24(31-3)27(13-19)33-5/h10-17,23H,6-9H2,1-5H3,(H,29,30)/b18-12+. The lowest BCUT2D eigenvalue weighted by molar-refractivity contribution is -0.117. The molecule has 180 valence electrons. The molecule has 0 radical (unpaired) electrons.